The van der Waals surface area contributed by atoms with Crippen molar-refractivity contribution < 1.29 is 0 Å². The normalized spacial score (nSPS) is 11.6. The second-order valence-electron chi connectivity index (χ2n) is 14.4. The third kappa shape index (κ3) is 5.90. The summed E-state index contributed by atoms with van der Waals surface area (Å²) in [4.78, 5) is 4.71. The van der Waals surface area contributed by atoms with Crippen molar-refractivity contribution in [2.75, 3.05) is 0 Å². The Labute approximate surface area is 339 Å². The van der Waals surface area contributed by atoms with Gasteiger partial charge in [0.2, 0.25) is 0 Å². The Kier molecular flexibility index (Phi) is 8.41. The predicted molar refractivity (Wildman–Crippen MR) is 239 cm³/mol. The minimum Gasteiger partial charge on any atom is -0.383 e. The first-order valence-electron chi connectivity index (χ1n) is 19.2. The van der Waals surface area contributed by atoms with Crippen LogP contribution in [0.4, 0.5) is 0 Å². The molecule has 2 heterocycles. The highest BCUT2D eigenvalue weighted by Gasteiger charge is 2.23. The molecule has 0 saturated carbocycles. The van der Waals surface area contributed by atoms with Gasteiger partial charge in [-0.15, -0.1) is 0 Å². The van der Waals surface area contributed by atoms with E-state index >= 15 is 0 Å². The van der Waals surface area contributed by atoms with Crippen LogP contribution in [-0.4, -0.2) is 20.8 Å². The minimum absolute atomic E-state index is 0.00559. The van der Waals surface area contributed by atoms with Crippen molar-refractivity contribution in [1.82, 2.24) is 9.13 Å². The summed E-state index contributed by atoms with van der Waals surface area (Å²) in [7, 11) is 0. The smallest absolute Gasteiger partial charge is 0.156 e. The monoisotopic (exact) mass is 755 g/mol. The first-order valence-corrected chi connectivity index (χ1v) is 19.2. The third-order valence-electron chi connectivity index (χ3n) is 11.0. The molecule has 0 fully saturated rings. The molecule has 0 radical (unpaired) electrons. The summed E-state index contributed by atoms with van der Waals surface area (Å²) in [6, 6.07) is 64.9. The van der Waals surface area contributed by atoms with Crippen molar-refractivity contribution in [2.24, 2.45) is 10.7 Å². The molecule has 59 heavy (non-hydrogen) atoms. The van der Waals surface area contributed by atoms with E-state index < -0.39 is 0 Å². The number of nitriles is 2. The Morgan fingerprint density at radius 1 is 0.508 bits per heavy atom. The van der Waals surface area contributed by atoms with Crippen LogP contribution >= 0.6 is 0 Å². The number of amidine groups is 2. The van der Waals surface area contributed by atoms with E-state index in [4.69, 9.17) is 10.7 Å². The van der Waals surface area contributed by atoms with Gasteiger partial charge in [-0.25, -0.2) is 4.99 Å². The Morgan fingerprint density at radius 3 is 1.80 bits per heavy atom. The first kappa shape index (κ1) is 34.9. The molecule has 0 aliphatic rings. The second-order valence-corrected chi connectivity index (χ2v) is 14.4. The van der Waals surface area contributed by atoms with Gasteiger partial charge in [0.15, 0.2) is 5.84 Å². The van der Waals surface area contributed by atoms with Crippen LogP contribution < -0.4 is 5.73 Å². The SMILES string of the molecule is N#Cc1cccc(-c2ccc(C(N)=NC(=N)c3ccc(-c4cccc(C#N)c4)cc3-n3c4ccccc4c4c3ccc3c5ccccc5n(-c5ccccc5)c34)cc2)c1. The fraction of sp³-hybridized carbons (Fsp3) is 0. The number of nitrogens with zero attached hydrogens (tertiary/aromatic N) is 5. The van der Waals surface area contributed by atoms with E-state index in [1.807, 2.05) is 84.9 Å². The molecule has 0 saturated heterocycles. The fourth-order valence-electron chi connectivity index (χ4n) is 8.33. The van der Waals surface area contributed by atoms with E-state index in [2.05, 4.69) is 106 Å². The average molecular weight is 756 g/mol. The lowest BCUT2D eigenvalue weighted by Crippen LogP contribution is -2.16. The summed E-state index contributed by atoms with van der Waals surface area (Å²) < 4.78 is 4.58. The highest BCUT2D eigenvalue weighted by atomic mass is 15.0. The largest absolute Gasteiger partial charge is 0.383 e. The van der Waals surface area contributed by atoms with E-state index in [1.165, 1.54) is 5.39 Å². The number of rotatable bonds is 6. The first-order chi connectivity index (χ1) is 29.0. The average Bonchev–Trinajstić information content (AvgIpc) is 3.82. The van der Waals surface area contributed by atoms with Crippen LogP contribution in [0.25, 0.3) is 77.2 Å². The number of benzene rings is 8. The van der Waals surface area contributed by atoms with Gasteiger partial charge in [-0.1, -0.05) is 115 Å². The summed E-state index contributed by atoms with van der Waals surface area (Å²) >= 11 is 0. The molecule has 3 N–H and O–H groups in total. The molecule has 0 bridgehead atoms. The van der Waals surface area contributed by atoms with E-state index in [-0.39, 0.29) is 11.7 Å². The highest BCUT2D eigenvalue weighted by molar-refractivity contribution is 6.26. The molecule has 7 nitrogen and oxygen atoms in total. The number of aromatic nitrogens is 2. The summed E-state index contributed by atoms with van der Waals surface area (Å²) in [6.45, 7) is 0. The van der Waals surface area contributed by atoms with Gasteiger partial charge in [0.05, 0.1) is 51.0 Å². The third-order valence-corrected chi connectivity index (χ3v) is 11.0. The maximum atomic E-state index is 9.76. The van der Waals surface area contributed by atoms with Gasteiger partial charge < -0.3 is 14.9 Å². The zero-order valence-corrected chi connectivity index (χ0v) is 31.6. The van der Waals surface area contributed by atoms with Crippen molar-refractivity contribution in [1.29, 1.82) is 15.9 Å². The molecule has 8 aromatic carbocycles. The Morgan fingerprint density at radius 2 is 1.10 bits per heavy atom. The zero-order valence-electron chi connectivity index (χ0n) is 31.6. The molecule has 0 aliphatic heterocycles. The molecule has 2 aromatic heterocycles. The number of nitrogens with one attached hydrogen (secondary N) is 1. The van der Waals surface area contributed by atoms with Crippen LogP contribution in [0.15, 0.2) is 187 Å². The summed E-state index contributed by atoms with van der Waals surface area (Å²) in [5.41, 5.74) is 18.7. The lowest BCUT2D eigenvalue weighted by molar-refractivity contribution is 1.16. The number of hydrogen-bond donors (Lipinski definition) is 2. The summed E-state index contributed by atoms with van der Waals surface area (Å²) in [6.07, 6.45) is 0. The van der Waals surface area contributed by atoms with Crippen molar-refractivity contribution in [3.05, 3.63) is 204 Å². The van der Waals surface area contributed by atoms with Crippen molar-refractivity contribution in [3.8, 4) is 45.8 Å². The lowest BCUT2D eigenvalue weighted by atomic mass is 9.99. The van der Waals surface area contributed by atoms with E-state index in [0.29, 0.717) is 22.3 Å². The van der Waals surface area contributed by atoms with Gasteiger partial charge >= 0.3 is 0 Å². The Balaban J connectivity index is 1.19. The maximum Gasteiger partial charge on any atom is 0.156 e. The predicted octanol–water partition coefficient (Wildman–Crippen LogP) is 11.7. The van der Waals surface area contributed by atoms with Crippen molar-refractivity contribution in [3.63, 3.8) is 0 Å². The molecular weight excluding hydrogens is 723 g/mol. The zero-order chi connectivity index (χ0) is 40.0. The van der Waals surface area contributed by atoms with Gasteiger partial charge in [0, 0.05) is 38.4 Å². The number of nitrogens with two attached hydrogens (primary N) is 1. The number of fused-ring (bicyclic) bond motifs is 7. The number of aliphatic imine (C=N–C) groups is 1. The molecule has 276 valence electrons. The van der Waals surface area contributed by atoms with Crippen LogP contribution in [-0.2, 0) is 0 Å². The number of para-hydroxylation sites is 3. The maximum absolute atomic E-state index is 9.76. The molecule has 10 rings (SSSR count). The molecule has 0 aliphatic carbocycles. The van der Waals surface area contributed by atoms with E-state index in [9.17, 15) is 15.9 Å². The molecular formula is C52H33N7. The molecule has 0 unspecified atom stereocenters. The lowest BCUT2D eigenvalue weighted by Gasteiger charge is -2.16. The highest BCUT2D eigenvalue weighted by Crippen LogP contribution is 2.43. The van der Waals surface area contributed by atoms with E-state index in [0.717, 1.165) is 71.9 Å². The standard InChI is InChI=1S/C52H33N7/c53-31-33-10-8-12-37(28-33)35-20-22-36(23-21-35)51(55)57-52(56)44-25-24-39(38-13-9-11-34(29-38)32-54)30-48(44)59-46-19-7-5-17-43(46)49-47(59)27-26-42-41-16-4-6-18-45(41)58(50(42)49)40-14-2-1-3-15-40/h1-30H,(H3,55,56,57). The van der Waals surface area contributed by atoms with Gasteiger partial charge in [-0.2, -0.15) is 10.5 Å². The van der Waals surface area contributed by atoms with Crippen LogP contribution in [0, 0.1) is 28.1 Å². The van der Waals surface area contributed by atoms with Gasteiger partial charge in [0.25, 0.3) is 0 Å². The van der Waals surface area contributed by atoms with Gasteiger partial charge in [0.1, 0.15) is 5.84 Å². The van der Waals surface area contributed by atoms with Crippen LogP contribution in [0.1, 0.15) is 22.3 Å². The number of hydrogen-bond acceptors (Lipinski definition) is 3. The molecule has 0 amide bonds. The topological polar surface area (TPSA) is 120 Å². The molecule has 0 spiro atoms. The minimum atomic E-state index is 0.00559. The Bertz CT molecular complexity index is 3430. The van der Waals surface area contributed by atoms with Crippen LogP contribution in [0.5, 0.6) is 0 Å². The molecule has 10 aromatic rings. The van der Waals surface area contributed by atoms with Crippen molar-refractivity contribution in [2.45, 2.75) is 0 Å². The van der Waals surface area contributed by atoms with Gasteiger partial charge in [-0.3, -0.25) is 5.41 Å². The van der Waals surface area contributed by atoms with Crippen LogP contribution in [0.3, 0.4) is 0 Å². The van der Waals surface area contributed by atoms with Crippen molar-refractivity contribution >= 4 is 55.3 Å². The Hall–Kier alpha value is -8.52. The summed E-state index contributed by atoms with van der Waals surface area (Å²) in [5.74, 6) is 0.214. The van der Waals surface area contributed by atoms with Gasteiger partial charge in [-0.05, 0) is 89.0 Å². The molecule has 0 atom stereocenters. The quantitative estimate of drug-likeness (QED) is 0.130. The molecule has 7 heteroatoms. The fourth-order valence-corrected chi connectivity index (χ4v) is 8.33. The van der Waals surface area contributed by atoms with Crippen LogP contribution in [0.2, 0.25) is 0 Å². The van der Waals surface area contributed by atoms with E-state index in [1.54, 1.807) is 12.1 Å². The summed E-state index contributed by atoms with van der Waals surface area (Å²) in [5, 5.41) is 33.2. The second kappa shape index (κ2) is 14.2.